The molecule has 3 rings (SSSR count). The van der Waals surface area contributed by atoms with E-state index in [0.717, 1.165) is 23.7 Å². The van der Waals surface area contributed by atoms with Crippen LogP contribution in [0.15, 0.2) is 28.7 Å². The van der Waals surface area contributed by atoms with E-state index in [1.54, 1.807) is 6.07 Å². The second-order valence-corrected chi connectivity index (χ2v) is 8.84. The standard InChI is InChI=1S/C15H18FN3O3S2/c1-2-13-5-6-14(23-13)24(20,21)19-7-3-4-12(10-19)22-15-17-8-11(16)9-18-15/h5-6,8-9,12H,2-4,7,10H2,1H3. The summed E-state index contributed by atoms with van der Waals surface area (Å²) in [6, 6.07) is 3.57. The molecule has 0 amide bonds. The lowest BCUT2D eigenvalue weighted by atomic mass is 10.1. The first-order valence-electron chi connectivity index (χ1n) is 7.72. The van der Waals surface area contributed by atoms with Crippen LogP contribution in [0.2, 0.25) is 0 Å². The van der Waals surface area contributed by atoms with E-state index in [1.165, 1.54) is 15.6 Å². The fraction of sp³-hybridized carbons (Fsp3) is 0.467. The number of hydrogen-bond donors (Lipinski definition) is 0. The van der Waals surface area contributed by atoms with Crippen molar-refractivity contribution in [2.75, 3.05) is 13.1 Å². The first-order chi connectivity index (χ1) is 11.5. The van der Waals surface area contributed by atoms with E-state index in [0.29, 0.717) is 23.6 Å². The van der Waals surface area contributed by atoms with Crippen molar-refractivity contribution in [2.45, 2.75) is 36.5 Å². The second-order valence-electron chi connectivity index (χ2n) is 5.50. The van der Waals surface area contributed by atoms with E-state index in [1.807, 2.05) is 13.0 Å². The van der Waals surface area contributed by atoms with Gasteiger partial charge in [-0.1, -0.05) is 6.92 Å². The SMILES string of the molecule is CCc1ccc(S(=O)(=O)N2CCCC(Oc3ncc(F)cn3)C2)s1. The summed E-state index contributed by atoms with van der Waals surface area (Å²) in [5.41, 5.74) is 0. The minimum absolute atomic E-state index is 0.0602. The van der Waals surface area contributed by atoms with E-state index in [9.17, 15) is 12.8 Å². The monoisotopic (exact) mass is 371 g/mol. The molecular weight excluding hydrogens is 353 g/mol. The van der Waals surface area contributed by atoms with E-state index in [2.05, 4.69) is 9.97 Å². The molecule has 0 radical (unpaired) electrons. The van der Waals surface area contributed by atoms with Gasteiger partial charge in [-0.2, -0.15) is 4.31 Å². The Hall–Kier alpha value is -1.58. The van der Waals surface area contributed by atoms with Crippen molar-refractivity contribution in [2.24, 2.45) is 0 Å². The highest BCUT2D eigenvalue weighted by Crippen LogP contribution is 2.28. The van der Waals surface area contributed by atoms with Crippen molar-refractivity contribution in [3.8, 4) is 6.01 Å². The Morgan fingerprint density at radius 2 is 2.12 bits per heavy atom. The molecule has 1 fully saturated rings. The van der Waals surface area contributed by atoms with Crippen molar-refractivity contribution in [1.29, 1.82) is 0 Å². The maximum Gasteiger partial charge on any atom is 0.316 e. The van der Waals surface area contributed by atoms with Crippen LogP contribution in [0.1, 0.15) is 24.6 Å². The molecule has 1 saturated heterocycles. The van der Waals surface area contributed by atoms with E-state index >= 15 is 0 Å². The van der Waals surface area contributed by atoms with Crippen LogP contribution in [0.4, 0.5) is 4.39 Å². The quantitative estimate of drug-likeness (QED) is 0.807. The van der Waals surface area contributed by atoms with Crippen LogP contribution in [-0.2, 0) is 16.4 Å². The molecule has 9 heteroatoms. The van der Waals surface area contributed by atoms with Crippen LogP contribution < -0.4 is 4.74 Å². The molecule has 24 heavy (non-hydrogen) atoms. The first-order valence-corrected chi connectivity index (χ1v) is 9.97. The lowest BCUT2D eigenvalue weighted by Crippen LogP contribution is -2.44. The van der Waals surface area contributed by atoms with E-state index in [-0.39, 0.29) is 18.7 Å². The van der Waals surface area contributed by atoms with Crippen LogP contribution in [0, 0.1) is 5.82 Å². The Morgan fingerprint density at radius 1 is 1.38 bits per heavy atom. The maximum atomic E-state index is 12.8. The summed E-state index contributed by atoms with van der Waals surface area (Å²) in [5, 5.41) is 0. The summed E-state index contributed by atoms with van der Waals surface area (Å²) in [7, 11) is -3.51. The molecule has 1 unspecified atom stereocenters. The highest BCUT2D eigenvalue weighted by Gasteiger charge is 2.32. The molecule has 3 heterocycles. The maximum absolute atomic E-state index is 12.8. The molecule has 0 aliphatic carbocycles. The third-order valence-electron chi connectivity index (χ3n) is 3.79. The zero-order valence-corrected chi connectivity index (χ0v) is 14.8. The lowest BCUT2D eigenvalue weighted by Gasteiger charge is -2.31. The minimum Gasteiger partial charge on any atom is -0.459 e. The normalized spacial score (nSPS) is 19.3. The highest BCUT2D eigenvalue weighted by molar-refractivity contribution is 7.91. The third-order valence-corrected chi connectivity index (χ3v) is 7.35. The van der Waals surface area contributed by atoms with Gasteiger partial charge in [-0.15, -0.1) is 11.3 Å². The molecule has 2 aromatic rings. The van der Waals surface area contributed by atoms with Crippen molar-refractivity contribution < 1.29 is 17.5 Å². The fourth-order valence-corrected chi connectivity index (χ4v) is 5.50. The highest BCUT2D eigenvalue weighted by atomic mass is 32.2. The lowest BCUT2D eigenvalue weighted by molar-refractivity contribution is 0.119. The smallest absolute Gasteiger partial charge is 0.316 e. The summed E-state index contributed by atoms with van der Waals surface area (Å²) in [6.45, 7) is 2.70. The zero-order chi connectivity index (χ0) is 17.2. The third kappa shape index (κ3) is 3.73. The average molecular weight is 371 g/mol. The van der Waals surface area contributed by atoms with Gasteiger partial charge in [0.25, 0.3) is 10.0 Å². The first kappa shape index (κ1) is 17.2. The number of rotatable bonds is 5. The number of aryl methyl sites for hydroxylation is 1. The molecule has 2 aromatic heterocycles. The number of hydrogen-bond acceptors (Lipinski definition) is 6. The molecule has 0 aromatic carbocycles. The Kier molecular flexibility index (Phi) is 5.12. The number of aromatic nitrogens is 2. The van der Waals surface area contributed by atoms with Crippen LogP contribution >= 0.6 is 11.3 Å². The predicted octanol–water partition coefficient (Wildman–Crippen LogP) is 2.47. The number of nitrogens with zero attached hydrogens (tertiary/aromatic N) is 3. The van der Waals surface area contributed by atoms with Crippen molar-refractivity contribution in [3.05, 3.63) is 35.2 Å². The second kappa shape index (κ2) is 7.12. The predicted molar refractivity (Wildman–Crippen MR) is 88.1 cm³/mol. The van der Waals surface area contributed by atoms with Crippen LogP contribution in [0.5, 0.6) is 6.01 Å². The molecule has 1 aliphatic rings. The average Bonchev–Trinajstić information content (AvgIpc) is 3.07. The van der Waals surface area contributed by atoms with Crippen LogP contribution in [0.25, 0.3) is 0 Å². The summed E-state index contributed by atoms with van der Waals surface area (Å²) >= 11 is 1.30. The van der Waals surface area contributed by atoms with Gasteiger partial charge in [-0.25, -0.2) is 22.8 Å². The van der Waals surface area contributed by atoms with Gasteiger partial charge in [0.2, 0.25) is 0 Å². The van der Waals surface area contributed by atoms with Gasteiger partial charge >= 0.3 is 6.01 Å². The van der Waals surface area contributed by atoms with Gasteiger partial charge < -0.3 is 4.74 Å². The van der Waals surface area contributed by atoms with Crippen LogP contribution in [0.3, 0.4) is 0 Å². The number of halogens is 1. The van der Waals surface area contributed by atoms with Crippen LogP contribution in [-0.4, -0.2) is 41.9 Å². The number of thiophene rings is 1. The molecule has 1 aliphatic heterocycles. The van der Waals surface area contributed by atoms with Crippen molar-refractivity contribution >= 4 is 21.4 Å². The van der Waals surface area contributed by atoms with E-state index < -0.39 is 15.8 Å². The molecule has 0 N–H and O–H groups in total. The van der Waals surface area contributed by atoms with Gasteiger partial charge in [0.05, 0.1) is 18.9 Å². The van der Waals surface area contributed by atoms with Crippen molar-refractivity contribution in [1.82, 2.24) is 14.3 Å². The largest absolute Gasteiger partial charge is 0.459 e. The summed E-state index contributed by atoms with van der Waals surface area (Å²) in [5.74, 6) is -0.542. The minimum atomic E-state index is -3.51. The molecule has 0 saturated carbocycles. The fourth-order valence-electron chi connectivity index (χ4n) is 2.54. The molecular formula is C15H18FN3O3S2. The summed E-state index contributed by atoms with van der Waals surface area (Å²) in [6.07, 6.45) is 3.92. The summed E-state index contributed by atoms with van der Waals surface area (Å²) in [4.78, 5) is 8.56. The van der Waals surface area contributed by atoms with Gasteiger partial charge in [-0.05, 0) is 31.4 Å². The molecule has 130 valence electrons. The molecule has 6 nitrogen and oxygen atoms in total. The van der Waals surface area contributed by atoms with Gasteiger partial charge in [0.1, 0.15) is 10.3 Å². The molecule has 0 bridgehead atoms. The Morgan fingerprint density at radius 3 is 2.79 bits per heavy atom. The van der Waals surface area contributed by atoms with Gasteiger partial charge in [-0.3, -0.25) is 0 Å². The Balaban J connectivity index is 1.71. The number of sulfonamides is 1. The Labute approximate surface area is 144 Å². The van der Waals surface area contributed by atoms with Gasteiger partial charge in [0.15, 0.2) is 5.82 Å². The number of ether oxygens (including phenoxy) is 1. The Bertz CT molecular complexity index is 793. The number of piperidine rings is 1. The zero-order valence-electron chi connectivity index (χ0n) is 13.2. The summed E-state index contributed by atoms with van der Waals surface area (Å²) < 4.78 is 45.8. The molecule has 0 spiro atoms. The van der Waals surface area contributed by atoms with Crippen molar-refractivity contribution in [3.63, 3.8) is 0 Å². The molecule has 1 atom stereocenters. The topological polar surface area (TPSA) is 72.4 Å². The van der Waals surface area contributed by atoms with E-state index in [4.69, 9.17) is 4.74 Å². The van der Waals surface area contributed by atoms with Gasteiger partial charge in [0, 0.05) is 11.4 Å².